The lowest BCUT2D eigenvalue weighted by molar-refractivity contribution is 0.282. The molecule has 0 aliphatic heterocycles. The molecule has 4 nitrogen and oxygen atoms in total. The van der Waals surface area contributed by atoms with Crippen molar-refractivity contribution in [3.63, 3.8) is 0 Å². The van der Waals surface area contributed by atoms with Gasteiger partial charge in [-0.3, -0.25) is 4.72 Å². The van der Waals surface area contributed by atoms with Gasteiger partial charge in [-0.2, -0.15) is 0 Å². The van der Waals surface area contributed by atoms with E-state index in [0.29, 0.717) is 16.3 Å². The van der Waals surface area contributed by atoms with Crippen LogP contribution in [0.15, 0.2) is 48.5 Å². The summed E-state index contributed by atoms with van der Waals surface area (Å²) < 4.78 is 26.5. The number of rotatable bonds is 5. The van der Waals surface area contributed by atoms with Crippen molar-refractivity contribution in [1.29, 1.82) is 0 Å². The van der Waals surface area contributed by atoms with Gasteiger partial charge in [0, 0.05) is 10.7 Å². The number of aliphatic hydroxyl groups is 1. The predicted molar refractivity (Wildman–Crippen MR) is 80.1 cm³/mol. The lowest BCUT2D eigenvalue weighted by atomic mass is 10.2. The summed E-state index contributed by atoms with van der Waals surface area (Å²) in [6.45, 7) is -0.0617. The molecule has 0 amide bonds. The molecule has 0 spiro atoms. The number of nitrogens with one attached hydrogen (secondary N) is 1. The Morgan fingerprint density at radius 3 is 2.30 bits per heavy atom. The molecule has 2 aromatic carbocycles. The van der Waals surface area contributed by atoms with Gasteiger partial charge >= 0.3 is 0 Å². The highest BCUT2D eigenvalue weighted by atomic mass is 35.5. The Labute approximate surface area is 123 Å². The average molecular weight is 312 g/mol. The van der Waals surface area contributed by atoms with Crippen molar-refractivity contribution in [3.05, 3.63) is 64.7 Å². The van der Waals surface area contributed by atoms with Crippen molar-refractivity contribution in [3.8, 4) is 0 Å². The van der Waals surface area contributed by atoms with E-state index in [1.165, 1.54) is 0 Å². The van der Waals surface area contributed by atoms with Gasteiger partial charge in [0.05, 0.1) is 12.4 Å². The van der Waals surface area contributed by atoms with Gasteiger partial charge in [0.2, 0.25) is 10.0 Å². The van der Waals surface area contributed by atoms with Crippen LogP contribution in [0.1, 0.15) is 11.1 Å². The van der Waals surface area contributed by atoms with E-state index in [1.807, 2.05) is 0 Å². The smallest absolute Gasteiger partial charge is 0.236 e. The molecule has 0 aliphatic carbocycles. The number of benzene rings is 2. The Balaban J connectivity index is 2.10. The summed E-state index contributed by atoms with van der Waals surface area (Å²) in [5.41, 5.74) is 1.83. The molecule has 0 aromatic heterocycles. The molecule has 6 heteroatoms. The number of aliphatic hydroxyl groups excluding tert-OH is 1. The zero-order chi connectivity index (χ0) is 14.6. The van der Waals surface area contributed by atoms with Crippen molar-refractivity contribution in [2.24, 2.45) is 0 Å². The van der Waals surface area contributed by atoms with Crippen molar-refractivity contribution in [2.75, 3.05) is 4.72 Å². The monoisotopic (exact) mass is 311 g/mol. The first-order valence-electron chi connectivity index (χ1n) is 5.93. The Hall–Kier alpha value is -1.56. The molecule has 2 aromatic rings. The van der Waals surface area contributed by atoms with Crippen molar-refractivity contribution < 1.29 is 13.5 Å². The van der Waals surface area contributed by atoms with Crippen molar-refractivity contribution in [1.82, 2.24) is 0 Å². The molecule has 0 bridgehead atoms. The van der Waals surface area contributed by atoms with Crippen LogP contribution in [0.5, 0.6) is 0 Å². The van der Waals surface area contributed by atoms with E-state index in [0.717, 1.165) is 5.56 Å². The number of halogens is 1. The second kappa shape index (κ2) is 6.26. The van der Waals surface area contributed by atoms with E-state index < -0.39 is 10.0 Å². The molecular formula is C14H14ClNO3S. The zero-order valence-corrected chi connectivity index (χ0v) is 12.2. The highest BCUT2D eigenvalue weighted by Crippen LogP contribution is 2.17. The van der Waals surface area contributed by atoms with Gasteiger partial charge in [-0.05, 0) is 29.3 Å². The van der Waals surface area contributed by atoms with Gasteiger partial charge in [-0.1, -0.05) is 41.9 Å². The van der Waals surface area contributed by atoms with E-state index in [9.17, 15) is 8.42 Å². The largest absolute Gasteiger partial charge is 0.392 e. The fourth-order valence-corrected chi connectivity index (χ4v) is 3.11. The Kier molecular flexibility index (Phi) is 4.65. The molecule has 20 heavy (non-hydrogen) atoms. The first kappa shape index (κ1) is 14.8. The third-order valence-corrected chi connectivity index (χ3v) is 4.16. The van der Waals surface area contributed by atoms with E-state index in [2.05, 4.69) is 4.72 Å². The second-order valence-corrected chi connectivity index (χ2v) is 6.50. The summed E-state index contributed by atoms with van der Waals surface area (Å²) in [7, 11) is -3.50. The number of sulfonamides is 1. The quantitative estimate of drug-likeness (QED) is 0.892. The van der Waals surface area contributed by atoms with Gasteiger partial charge in [-0.25, -0.2) is 8.42 Å². The van der Waals surface area contributed by atoms with Gasteiger partial charge in [0.1, 0.15) is 0 Å². The summed E-state index contributed by atoms with van der Waals surface area (Å²) in [6.07, 6.45) is 0. The molecule has 106 valence electrons. The summed E-state index contributed by atoms with van der Waals surface area (Å²) in [6, 6.07) is 13.3. The first-order chi connectivity index (χ1) is 9.48. The van der Waals surface area contributed by atoms with Crippen molar-refractivity contribution >= 4 is 27.3 Å². The molecule has 0 atom stereocenters. The molecule has 0 saturated carbocycles. The Morgan fingerprint density at radius 2 is 1.70 bits per heavy atom. The number of hydrogen-bond donors (Lipinski definition) is 2. The number of hydrogen-bond acceptors (Lipinski definition) is 3. The van der Waals surface area contributed by atoms with Crippen molar-refractivity contribution in [2.45, 2.75) is 12.4 Å². The number of anilines is 1. The highest BCUT2D eigenvalue weighted by molar-refractivity contribution is 7.91. The normalized spacial score (nSPS) is 11.3. The predicted octanol–water partition coefficient (Wildman–Crippen LogP) is 2.77. The minimum absolute atomic E-state index is 0.0617. The fourth-order valence-electron chi connectivity index (χ4n) is 1.73. The lowest BCUT2D eigenvalue weighted by Gasteiger charge is -2.08. The van der Waals surface area contributed by atoms with Crippen LogP contribution in [0.2, 0.25) is 5.02 Å². The van der Waals surface area contributed by atoms with Crippen LogP contribution >= 0.6 is 11.6 Å². The van der Waals surface area contributed by atoms with Crippen LogP contribution in [-0.4, -0.2) is 13.5 Å². The maximum atomic E-state index is 12.0. The van der Waals surface area contributed by atoms with Gasteiger partial charge in [0.25, 0.3) is 0 Å². The molecular weight excluding hydrogens is 298 g/mol. The molecule has 0 radical (unpaired) electrons. The summed E-state index contributed by atoms with van der Waals surface area (Å²) >= 11 is 5.81. The molecule has 0 aliphatic rings. The van der Waals surface area contributed by atoms with Crippen LogP contribution in [0.25, 0.3) is 0 Å². The van der Waals surface area contributed by atoms with Gasteiger partial charge in [-0.15, -0.1) is 0 Å². The van der Waals surface area contributed by atoms with Gasteiger partial charge in [0.15, 0.2) is 0 Å². The maximum absolute atomic E-state index is 12.0. The fraction of sp³-hybridized carbons (Fsp3) is 0.143. The SMILES string of the molecule is O=S(=O)(Cc1ccc(CO)cc1)Nc1cccc(Cl)c1. The van der Waals surface area contributed by atoms with Crippen LogP contribution < -0.4 is 4.72 Å². The van der Waals surface area contributed by atoms with E-state index in [-0.39, 0.29) is 12.4 Å². The standard InChI is InChI=1S/C14H14ClNO3S/c15-13-2-1-3-14(8-13)16-20(18,19)10-12-6-4-11(9-17)5-7-12/h1-8,16-17H,9-10H2. The van der Waals surface area contributed by atoms with Crippen LogP contribution in [0, 0.1) is 0 Å². The van der Waals surface area contributed by atoms with Crippen LogP contribution in [0.3, 0.4) is 0 Å². The summed E-state index contributed by atoms with van der Waals surface area (Å²) in [5, 5.41) is 9.41. The molecule has 0 saturated heterocycles. The second-order valence-electron chi connectivity index (χ2n) is 4.35. The zero-order valence-electron chi connectivity index (χ0n) is 10.6. The van der Waals surface area contributed by atoms with E-state index >= 15 is 0 Å². The highest BCUT2D eigenvalue weighted by Gasteiger charge is 2.11. The summed E-state index contributed by atoms with van der Waals surface area (Å²) in [4.78, 5) is 0. The minimum atomic E-state index is -3.50. The first-order valence-corrected chi connectivity index (χ1v) is 7.96. The van der Waals surface area contributed by atoms with E-state index in [4.69, 9.17) is 16.7 Å². The Morgan fingerprint density at radius 1 is 1.05 bits per heavy atom. The van der Waals surface area contributed by atoms with Crippen LogP contribution in [-0.2, 0) is 22.4 Å². The minimum Gasteiger partial charge on any atom is -0.392 e. The third-order valence-electron chi connectivity index (χ3n) is 2.66. The van der Waals surface area contributed by atoms with Crippen LogP contribution in [0.4, 0.5) is 5.69 Å². The molecule has 0 heterocycles. The van der Waals surface area contributed by atoms with E-state index in [1.54, 1.807) is 48.5 Å². The maximum Gasteiger partial charge on any atom is 0.236 e. The molecule has 2 rings (SSSR count). The summed E-state index contributed by atoms with van der Waals surface area (Å²) in [5.74, 6) is -0.134. The molecule has 2 N–H and O–H groups in total. The molecule has 0 fully saturated rings. The van der Waals surface area contributed by atoms with Gasteiger partial charge < -0.3 is 5.11 Å². The third kappa shape index (κ3) is 4.23. The molecule has 0 unspecified atom stereocenters. The average Bonchev–Trinajstić information content (AvgIpc) is 2.38. The topological polar surface area (TPSA) is 66.4 Å². The Bertz CT molecular complexity index is 684. The lowest BCUT2D eigenvalue weighted by Crippen LogP contribution is -2.15.